The average Bonchev–Trinajstić information content (AvgIpc) is 3.02. The molecule has 0 aromatic heterocycles. The molecule has 2 bridgehead atoms. The third-order valence-electron chi connectivity index (χ3n) is 7.20. The molecule has 1 aromatic carbocycles. The second kappa shape index (κ2) is 5.54. The molecule has 23 heavy (non-hydrogen) atoms. The fourth-order valence-corrected chi connectivity index (χ4v) is 6.98. The fraction of sp³-hybridized carbons (Fsp3) is 0.684. The Morgan fingerprint density at radius 2 is 1.57 bits per heavy atom. The third kappa shape index (κ3) is 2.18. The molecule has 0 radical (unpaired) electrons. The molecule has 4 heteroatoms. The number of fused-ring (bicyclic) bond motifs is 1. The molecule has 5 fully saturated rings. The largest absolute Gasteiger partial charge is 0.303 e. The second-order valence-corrected chi connectivity index (χ2v) is 8.84. The van der Waals surface area contributed by atoms with E-state index in [1.165, 1.54) is 38.5 Å². The van der Waals surface area contributed by atoms with Gasteiger partial charge in [-0.2, -0.15) is 0 Å². The fourth-order valence-electron chi connectivity index (χ4n) is 6.48. The van der Waals surface area contributed by atoms with E-state index in [4.69, 9.17) is 23.2 Å². The molecule has 6 unspecified atom stereocenters. The molecule has 1 aromatic rings. The summed E-state index contributed by atoms with van der Waals surface area (Å²) in [6, 6.07) is 6.55. The normalized spacial score (nSPS) is 41.7. The first-order valence-electron chi connectivity index (χ1n) is 9.22. The zero-order valence-electron chi connectivity index (χ0n) is 13.3. The molecule has 0 amide bonds. The molecule has 1 saturated heterocycles. The third-order valence-corrected chi connectivity index (χ3v) is 7.74. The summed E-state index contributed by atoms with van der Waals surface area (Å²) in [6.07, 6.45) is 8.71. The molecule has 2 nitrogen and oxygen atoms in total. The van der Waals surface area contributed by atoms with Gasteiger partial charge in [0.25, 0.3) is 0 Å². The van der Waals surface area contributed by atoms with Gasteiger partial charge in [-0.25, -0.2) is 5.43 Å². The molecule has 1 N–H and O–H groups in total. The standard InChI is InChI=1S/C19H24Cl2N2/c20-11-5-8-18(17(21)9-11)23-19-15-7-6-14(16(19)10-22-23)12-3-1-2-4-13(12)15/h5,8-9,12-16,19,22H,1-4,6-7,10H2. The lowest BCUT2D eigenvalue weighted by molar-refractivity contribution is -0.0486. The highest BCUT2D eigenvalue weighted by atomic mass is 35.5. The van der Waals surface area contributed by atoms with Crippen molar-refractivity contribution >= 4 is 28.9 Å². The van der Waals surface area contributed by atoms with Crippen LogP contribution in [0.25, 0.3) is 0 Å². The van der Waals surface area contributed by atoms with Gasteiger partial charge in [0, 0.05) is 11.6 Å². The Bertz CT molecular complexity index is 619. The van der Waals surface area contributed by atoms with Gasteiger partial charge in [0.15, 0.2) is 0 Å². The second-order valence-electron chi connectivity index (χ2n) is 8.00. The van der Waals surface area contributed by atoms with Crippen molar-refractivity contribution in [3.05, 3.63) is 28.2 Å². The quantitative estimate of drug-likeness (QED) is 0.753. The van der Waals surface area contributed by atoms with Gasteiger partial charge in [-0.05, 0) is 73.5 Å². The smallest absolute Gasteiger partial charge is 0.0710 e. The number of nitrogens with one attached hydrogen (secondary N) is 1. The Morgan fingerprint density at radius 1 is 0.870 bits per heavy atom. The van der Waals surface area contributed by atoms with Crippen molar-refractivity contribution in [2.45, 2.75) is 44.6 Å². The Balaban J connectivity index is 1.51. The molecule has 4 aliphatic carbocycles. The molecule has 0 spiro atoms. The summed E-state index contributed by atoms with van der Waals surface area (Å²) < 4.78 is 0. The molecular weight excluding hydrogens is 327 g/mol. The first-order valence-corrected chi connectivity index (χ1v) is 9.97. The van der Waals surface area contributed by atoms with Gasteiger partial charge in [-0.1, -0.05) is 36.0 Å². The van der Waals surface area contributed by atoms with Crippen LogP contribution in [0.2, 0.25) is 10.0 Å². The van der Waals surface area contributed by atoms with E-state index in [0.29, 0.717) is 11.1 Å². The lowest BCUT2D eigenvalue weighted by Gasteiger charge is -2.57. The van der Waals surface area contributed by atoms with Crippen LogP contribution in [0.5, 0.6) is 0 Å². The van der Waals surface area contributed by atoms with Gasteiger partial charge in [-0.3, -0.25) is 0 Å². The molecule has 4 saturated carbocycles. The molecule has 6 rings (SSSR count). The van der Waals surface area contributed by atoms with Crippen molar-refractivity contribution in [2.24, 2.45) is 29.6 Å². The van der Waals surface area contributed by atoms with E-state index >= 15 is 0 Å². The van der Waals surface area contributed by atoms with Crippen LogP contribution in [0.3, 0.4) is 0 Å². The van der Waals surface area contributed by atoms with Gasteiger partial charge >= 0.3 is 0 Å². The Morgan fingerprint density at radius 3 is 2.35 bits per heavy atom. The van der Waals surface area contributed by atoms with Crippen molar-refractivity contribution in [3.8, 4) is 0 Å². The van der Waals surface area contributed by atoms with Crippen molar-refractivity contribution in [1.82, 2.24) is 5.43 Å². The van der Waals surface area contributed by atoms with Crippen LogP contribution in [-0.2, 0) is 0 Å². The van der Waals surface area contributed by atoms with E-state index in [-0.39, 0.29) is 0 Å². The first-order chi connectivity index (χ1) is 11.2. The highest BCUT2D eigenvalue weighted by Crippen LogP contribution is 2.59. The monoisotopic (exact) mass is 350 g/mol. The van der Waals surface area contributed by atoms with Crippen molar-refractivity contribution < 1.29 is 0 Å². The number of benzene rings is 1. The highest BCUT2D eigenvalue weighted by Gasteiger charge is 2.57. The summed E-state index contributed by atoms with van der Waals surface area (Å²) in [5, 5.41) is 3.89. The topological polar surface area (TPSA) is 15.3 Å². The molecule has 5 aliphatic rings. The van der Waals surface area contributed by atoms with E-state index in [9.17, 15) is 0 Å². The van der Waals surface area contributed by atoms with Crippen molar-refractivity contribution in [1.29, 1.82) is 0 Å². The first kappa shape index (κ1) is 14.9. The predicted octanol–water partition coefficient (Wildman–Crippen LogP) is 5.15. The molecular formula is C19H24Cl2N2. The van der Waals surface area contributed by atoms with Gasteiger partial charge in [0.05, 0.1) is 16.8 Å². The van der Waals surface area contributed by atoms with E-state index in [1.807, 2.05) is 12.1 Å². The highest BCUT2D eigenvalue weighted by molar-refractivity contribution is 6.36. The molecule has 1 aliphatic heterocycles. The predicted molar refractivity (Wildman–Crippen MR) is 95.9 cm³/mol. The molecule has 124 valence electrons. The van der Waals surface area contributed by atoms with Crippen molar-refractivity contribution in [3.63, 3.8) is 0 Å². The number of nitrogens with zero attached hydrogens (tertiary/aromatic N) is 1. The number of hydrogen-bond donors (Lipinski definition) is 1. The van der Waals surface area contributed by atoms with Crippen LogP contribution in [0.15, 0.2) is 18.2 Å². The van der Waals surface area contributed by atoms with E-state index < -0.39 is 0 Å². The van der Waals surface area contributed by atoms with Gasteiger partial charge in [0.2, 0.25) is 0 Å². The Labute approximate surface area is 148 Å². The summed E-state index contributed by atoms with van der Waals surface area (Å²) in [7, 11) is 0. The minimum Gasteiger partial charge on any atom is -0.303 e. The summed E-state index contributed by atoms with van der Waals surface area (Å²) >= 11 is 12.6. The van der Waals surface area contributed by atoms with Crippen LogP contribution in [0, 0.1) is 29.6 Å². The molecule has 6 atom stereocenters. The SMILES string of the molecule is Clc1ccc(N2NCC3C4CCC(C5CCCCC54)C32)c(Cl)c1. The summed E-state index contributed by atoms with van der Waals surface area (Å²) in [4.78, 5) is 0. The maximum atomic E-state index is 6.51. The van der Waals surface area contributed by atoms with Gasteiger partial charge in [-0.15, -0.1) is 0 Å². The minimum atomic E-state index is 0.631. The minimum absolute atomic E-state index is 0.631. The van der Waals surface area contributed by atoms with Gasteiger partial charge < -0.3 is 5.01 Å². The molecule has 1 heterocycles. The zero-order chi connectivity index (χ0) is 15.6. The number of hydrogen-bond acceptors (Lipinski definition) is 2. The lowest BCUT2D eigenvalue weighted by atomic mass is 9.49. The van der Waals surface area contributed by atoms with E-state index in [2.05, 4.69) is 16.5 Å². The Hall–Kier alpha value is -0.440. The summed E-state index contributed by atoms with van der Waals surface area (Å²) in [6.45, 7) is 1.12. The lowest BCUT2D eigenvalue weighted by Crippen LogP contribution is -2.57. The van der Waals surface area contributed by atoms with Gasteiger partial charge in [0.1, 0.15) is 0 Å². The maximum absolute atomic E-state index is 6.51. The summed E-state index contributed by atoms with van der Waals surface area (Å²) in [5.74, 6) is 4.54. The van der Waals surface area contributed by atoms with E-state index in [0.717, 1.165) is 46.8 Å². The van der Waals surface area contributed by atoms with E-state index in [1.54, 1.807) is 0 Å². The van der Waals surface area contributed by atoms with Crippen LogP contribution in [-0.4, -0.2) is 12.6 Å². The average molecular weight is 351 g/mol. The maximum Gasteiger partial charge on any atom is 0.0710 e. The Kier molecular flexibility index (Phi) is 3.58. The summed E-state index contributed by atoms with van der Waals surface area (Å²) in [5.41, 5.74) is 4.81. The number of anilines is 1. The van der Waals surface area contributed by atoms with Crippen LogP contribution in [0.1, 0.15) is 38.5 Å². The van der Waals surface area contributed by atoms with Crippen LogP contribution >= 0.6 is 23.2 Å². The number of hydrazine groups is 1. The van der Waals surface area contributed by atoms with Crippen LogP contribution < -0.4 is 10.4 Å². The number of rotatable bonds is 1. The number of halogens is 2. The zero-order valence-corrected chi connectivity index (χ0v) is 14.9. The van der Waals surface area contributed by atoms with Crippen LogP contribution in [0.4, 0.5) is 5.69 Å². The van der Waals surface area contributed by atoms with Crippen molar-refractivity contribution in [2.75, 3.05) is 11.6 Å².